The Hall–Kier alpha value is -1.30. The first kappa shape index (κ1) is 12.2. The molecule has 1 aromatic carbocycles. The second-order valence-electron chi connectivity index (χ2n) is 5.18. The summed E-state index contributed by atoms with van der Waals surface area (Å²) >= 11 is 0. The van der Waals surface area contributed by atoms with Gasteiger partial charge in [0, 0.05) is 5.56 Å². The van der Waals surface area contributed by atoms with Crippen LogP contribution in [0, 0.1) is 11.8 Å². The lowest BCUT2D eigenvalue weighted by molar-refractivity contribution is -0.195. The van der Waals surface area contributed by atoms with Crippen LogP contribution in [0.5, 0.6) is 0 Å². The fourth-order valence-corrected chi connectivity index (χ4v) is 1.55. The number of hydrogen-bond donors (Lipinski definition) is 0. The zero-order valence-electron chi connectivity index (χ0n) is 10.6. The first-order valence-electron chi connectivity index (χ1n) is 5.85. The van der Waals surface area contributed by atoms with Crippen molar-refractivity contribution in [3.05, 3.63) is 35.9 Å². The van der Waals surface area contributed by atoms with Gasteiger partial charge in [0.25, 0.3) is 0 Å². The van der Waals surface area contributed by atoms with Crippen LogP contribution in [0.4, 0.5) is 0 Å². The van der Waals surface area contributed by atoms with Gasteiger partial charge in [-0.2, -0.15) is 0 Å². The Kier molecular flexibility index (Phi) is 3.24. The molecule has 0 N–H and O–H groups in total. The molecule has 0 saturated carbocycles. The van der Waals surface area contributed by atoms with E-state index in [1.165, 1.54) is 0 Å². The predicted octanol–water partition coefficient (Wildman–Crippen LogP) is 2.62. The van der Waals surface area contributed by atoms with Crippen LogP contribution in [-0.2, 0) is 9.47 Å². The van der Waals surface area contributed by atoms with Crippen molar-refractivity contribution < 1.29 is 9.47 Å². The molecule has 1 fully saturated rings. The van der Waals surface area contributed by atoms with Crippen LogP contribution in [0.2, 0.25) is 0 Å². The topological polar surface area (TPSA) is 18.5 Å². The van der Waals surface area contributed by atoms with Crippen molar-refractivity contribution in [3.8, 4) is 11.8 Å². The Labute approximate surface area is 103 Å². The van der Waals surface area contributed by atoms with Gasteiger partial charge in [-0.15, -0.1) is 0 Å². The third-order valence-electron chi connectivity index (χ3n) is 2.72. The number of ether oxygens (including phenoxy) is 2. The lowest BCUT2D eigenvalue weighted by Crippen LogP contribution is -2.48. The summed E-state index contributed by atoms with van der Waals surface area (Å²) < 4.78 is 11.5. The van der Waals surface area contributed by atoms with Crippen molar-refractivity contribution in [1.29, 1.82) is 0 Å². The molecule has 2 rings (SSSR count). The monoisotopic (exact) mass is 230 g/mol. The van der Waals surface area contributed by atoms with Gasteiger partial charge >= 0.3 is 0 Å². The lowest BCUT2D eigenvalue weighted by atomic mass is 10.0. The van der Waals surface area contributed by atoms with Crippen molar-refractivity contribution in [2.75, 3.05) is 13.2 Å². The number of benzene rings is 1. The molecule has 0 aliphatic carbocycles. The molecule has 17 heavy (non-hydrogen) atoms. The molecule has 1 atom stereocenters. The predicted molar refractivity (Wildman–Crippen MR) is 67.7 cm³/mol. The van der Waals surface area contributed by atoms with Crippen LogP contribution < -0.4 is 0 Å². The second kappa shape index (κ2) is 4.52. The van der Waals surface area contributed by atoms with Gasteiger partial charge in [-0.1, -0.05) is 30.0 Å². The molecule has 0 radical (unpaired) electrons. The molecule has 1 unspecified atom stereocenters. The van der Waals surface area contributed by atoms with E-state index in [0.717, 1.165) is 5.56 Å². The third kappa shape index (κ3) is 3.33. The molecule has 90 valence electrons. The Bertz CT molecular complexity index is 427. The molecule has 1 aromatic rings. The zero-order valence-corrected chi connectivity index (χ0v) is 10.6. The van der Waals surface area contributed by atoms with Gasteiger partial charge in [-0.05, 0) is 32.9 Å². The molecule has 1 aliphatic heterocycles. The molecule has 2 nitrogen and oxygen atoms in total. The van der Waals surface area contributed by atoms with Crippen LogP contribution in [-0.4, -0.2) is 24.4 Å². The van der Waals surface area contributed by atoms with Gasteiger partial charge in [-0.25, -0.2) is 0 Å². The summed E-state index contributed by atoms with van der Waals surface area (Å²) in [6, 6.07) is 9.92. The smallest absolute Gasteiger partial charge is 0.149 e. The van der Waals surface area contributed by atoms with E-state index < -0.39 is 5.60 Å². The van der Waals surface area contributed by atoms with Crippen LogP contribution in [0.15, 0.2) is 30.3 Å². The van der Waals surface area contributed by atoms with Gasteiger partial charge in [0.1, 0.15) is 5.60 Å². The molecule has 0 aromatic heterocycles. The zero-order chi connectivity index (χ0) is 12.4. The normalized spacial score (nSPS) is 27.0. The van der Waals surface area contributed by atoms with E-state index >= 15 is 0 Å². The van der Waals surface area contributed by atoms with E-state index in [0.29, 0.717) is 13.2 Å². The largest absolute Gasteiger partial charge is 0.369 e. The second-order valence-corrected chi connectivity index (χ2v) is 5.18. The van der Waals surface area contributed by atoms with Crippen molar-refractivity contribution in [1.82, 2.24) is 0 Å². The van der Waals surface area contributed by atoms with Crippen LogP contribution >= 0.6 is 0 Å². The van der Waals surface area contributed by atoms with E-state index in [1.54, 1.807) is 0 Å². The summed E-state index contributed by atoms with van der Waals surface area (Å²) in [5.74, 6) is 6.28. The molecular weight excluding hydrogens is 212 g/mol. The summed E-state index contributed by atoms with van der Waals surface area (Å²) in [5, 5.41) is 0. The highest BCUT2D eigenvalue weighted by Crippen LogP contribution is 2.24. The summed E-state index contributed by atoms with van der Waals surface area (Å²) in [4.78, 5) is 0. The minimum atomic E-state index is -0.495. The lowest BCUT2D eigenvalue weighted by Gasteiger charge is -2.38. The average Bonchev–Trinajstić information content (AvgIpc) is 2.33. The van der Waals surface area contributed by atoms with Gasteiger partial charge in [0.05, 0.1) is 18.8 Å². The minimum Gasteiger partial charge on any atom is -0.369 e. The Morgan fingerprint density at radius 3 is 2.29 bits per heavy atom. The van der Waals surface area contributed by atoms with Crippen LogP contribution in [0.3, 0.4) is 0 Å². The van der Waals surface area contributed by atoms with E-state index in [1.807, 2.05) is 51.1 Å². The first-order chi connectivity index (χ1) is 7.99. The molecule has 1 saturated heterocycles. The maximum absolute atomic E-state index is 5.80. The van der Waals surface area contributed by atoms with Crippen molar-refractivity contribution in [2.24, 2.45) is 0 Å². The van der Waals surface area contributed by atoms with E-state index in [-0.39, 0.29) is 5.60 Å². The molecule has 2 heteroatoms. The molecule has 1 aliphatic rings. The maximum atomic E-state index is 5.80. The Balaban J connectivity index is 2.07. The van der Waals surface area contributed by atoms with Crippen molar-refractivity contribution in [3.63, 3.8) is 0 Å². The summed E-state index contributed by atoms with van der Waals surface area (Å²) in [5.41, 5.74) is 0.307. The van der Waals surface area contributed by atoms with Crippen LogP contribution in [0.25, 0.3) is 0 Å². The van der Waals surface area contributed by atoms with E-state index in [2.05, 4.69) is 11.8 Å². The first-order valence-corrected chi connectivity index (χ1v) is 5.85. The van der Waals surface area contributed by atoms with E-state index in [9.17, 15) is 0 Å². The van der Waals surface area contributed by atoms with Gasteiger partial charge in [-0.3, -0.25) is 0 Å². The highest BCUT2D eigenvalue weighted by molar-refractivity contribution is 5.36. The average molecular weight is 230 g/mol. The minimum absolute atomic E-state index is 0.200. The fraction of sp³-hybridized carbons (Fsp3) is 0.467. The number of rotatable bonds is 0. The third-order valence-corrected chi connectivity index (χ3v) is 2.72. The van der Waals surface area contributed by atoms with Gasteiger partial charge < -0.3 is 9.47 Å². The highest BCUT2D eigenvalue weighted by Gasteiger charge is 2.35. The van der Waals surface area contributed by atoms with Crippen molar-refractivity contribution in [2.45, 2.75) is 32.0 Å². The molecular formula is C15H18O2. The quantitative estimate of drug-likeness (QED) is 0.638. The highest BCUT2D eigenvalue weighted by atomic mass is 16.6. The standard InChI is InChI=1S/C15H18O2/c1-14(2)11-17-15(3,12-16-14)10-9-13-7-5-4-6-8-13/h4-8H,11-12H2,1-3H3. The Morgan fingerprint density at radius 2 is 1.71 bits per heavy atom. The van der Waals surface area contributed by atoms with Gasteiger partial charge in [0.15, 0.2) is 0 Å². The molecule has 1 heterocycles. The summed E-state index contributed by atoms with van der Waals surface area (Å²) in [6.45, 7) is 7.11. The fourth-order valence-electron chi connectivity index (χ4n) is 1.55. The molecule has 0 bridgehead atoms. The number of hydrogen-bond acceptors (Lipinski definition) is 2. The summed E-state index contributed by atoms with van der Waals surface area (Å²) in [6.07, 6.45) is 0. The summed E-state index contributed by atoms with van der Waals surface area (Å²) in [7, 11) is 0. The maximum Gasteiger partial charge on any atom is 0.149 e. The van der Waals surface area contributed by atoms with Gasteiger partial charge in [0.2, 0.25) is 0 Å². The SMILES string of the molecule is CC1(C)COC(C)(C#Cc2ccccc2)CO1. The molecule has 0 spiro atoms. The van der Waals surface area contributed by atoms with E-state index in [4.69, 9.17) is 9.47 Å². The molecule has 0 amide bonds. The Morgan fingerprint density at radius 1 is 1.00 bits per heavy atom. The van der Waals surface area contributed by atoms with Crippen LogP contribution in [0.1, 0.15) is 26.3 Å². The van der Waals surface area contributed by atoms with Crippen molar-refractivity contribution >= 4 is 0 Å².